The predicted octanol–water partition coefficient (Wildman–Crippen LogP) is 1.73. The van der Waals surface area contributed by atoms with Crippen molar-refractivity contribution in [2.75, 3.05) is 0 Å². The van der Waals surface area contributed by atoms with Gasteiger partial charge in [0.2, 0.25) is 0 Å². The van der Waals surface area contributed by atoms with Gasteiger partial charge in [-0.1, -0.05) is 13.8 Å². The van der Waals surface area contributed by atoms with E-state index in [4.69, 9.17) is 5.73 Å². The van der Waals surface area contributed by atoms with Crippen molar-refractivity contribution in [3.8, 4) is 0 Å². The van der Waals surface area contributed by atoms with Crippen LogP contribution in [0.1, 0.15) is 34.1 Å². The summed E-state index contributed by atoms with van der Waals surface area (Å²) in [5, 5.41) is 0. The van der Waals surface area contributed by atoms with Crippen LogP contribution < -0.4 is 5.73 Å². The molecular weight excluding hydrogens is 98.1 g/mol. The average molecular weight is 114 g/mol. The Hall–Kier alpha value is -0.0400. The van der Waals surface area contributed by atoms with Gasteiger partial charge in [0.25, 0.3) is 0 Å². The predicted molar refractivity (Wildman–Crippen MR) is 37.5 cm³/mol. The summed E-state index contributed by atoms with van der Waals surface area (Å²) in [5.41, 5.74) is 5.70. The highest BCUT2D eigenvalue weighted by Gasteiger charge is 2.11. The first-order valence-electron chi connectivity index (χ1n) is 3.00. The van der Waals surface area contributed by atoms with Crippen molar-refractivity contribution in [3.05, 3.63) is 5.92 Å². The first kappa shape index (κ1) is 7.96. The first-order valence-corrected chi connectivity index (χ1v) is 3.00. The molecule has 1 heteroatoms. The molecule has 8 heavy (non-hydrogen) atoms. The standard InChI is InChI=1S/C7H16N/c1-6(2)5-7(3,4)8/h5,8H2,1-4H3. The summed E-state index contributed by atoms with van der Waals surface area (Å²) >= 11 is 0. The van der Waals surface area contributed by atoms with Crippen LogP contribution in [0.15, 0.2) is 0 Å². The summed E-state index contributed by atoms with van der Waals surface area (Å²) in [6, 6.07) is 0. The molecule has 0 saturated carbocycles. The third-order valence-electron chi connectivity index (χ3n) is 0.809. The molecule has 0 rings (SSSR count). The van der Waals surface area contributed by atoms with Gasteiger partial charge in [0, 0.05) is 5.54 Å². The quantitative estimate of drug-likeness (QED) is 0.581. The molecule has 0 bridgehead atoms. The smallest absolute Gasteiger partial charge is 0.0102 e. The summed E-state index contributed by atoms with van der Waals surface area (Å²) in [7, 11) is 0. The molecule has 0 aromatic heterocycles. The number of hydrogen-bond donors (Lipinski definition) is 1. The molecule has 0 atom stereocenters. The second-order valence-electron chi connectivity index (χ2n) is 3.37. The number of rotatable bonds is 2. The van der Waals surface area contributed by atoms with E-state index in [1.165, 1.54) is 5.92 Å². The summed E-state index contributed by atoms with van der Waals surface area (Å²) in [6.07, 6.45) is 1.02. The van der Waals surface area contributed by atoms with Gasteiger partial charge in [0.1, 0.15) is 0 Å². The first-order chi connectivity index (χ1) is 3.42. The largest absolute Gasteiger partial charge is 0.326 e. The van der Waals surface area contributed by atoms with Crippen LogP contribution in [-0.4, -0.2) is 5.54 Å². The minimum absolute atomic E-state index is 0.0150. The SMILES string of the molecule is C[C](C)CC(C)(C)N. The van der Waals surface area contributed by atoms with Crippen molar-refractivity contribution in [2.45, 2.75) is 39.7 Å². The lowest BCUT2D eigenvalue weighted by Crippen LogP contribution is -2.32. The summed E-state index contributed by atoms with van der Waals surface area (Å²) in [5.74, 6) is 1.40. The van der Waals surface area contributed by atoms with Crippen LogP contribution in [0.4, 0.5) is 0 Å². The van der Waals surface area contributed by atoms with Crippen molar-refractivity contribution in [3.63, 3.8) is 0 Å². The van der Waals surface area contributed by atoms with E-state index in [9.17, 15) is 0 Å². The van der Waals surface area contributed by atoms with E-state index < -0.39 is 0 Å². The maximum absolute atomic E-state index is 5.72. The molecule has 0 spiro atoms. The average Bonchev–Trinajstić information content (AvgIpc) is 1.21. The fourth-order valence-electron chi connectivity index (χ4n) is 0.911. The molecule has 0 aliphatic carbocycles. The fraction of sp³-hybridized carbons (Fsp3) is 0.857. The molecule has 0 aliphatic rings. The molecule has 0 saturated heterocycles. The van der Waals surface area contributed by atoms with Crippen LogP contribution in [0.2, 0.25) is 0 Å². The van der Waals surface area contributed by atoms with Crippen molar-refractivity contribution in [2.24, 2.45) is 5.73 Å². The van der Waals surface area contributed by atoms with Crippen LogP contribution in [0.3, 0.4) is 0 Å². The minimum atomic E-state index is -0.0150. The highest BCUT2D eigenvalue weighted by atomic mass is 14.7. The third-order valence-corrected chi connectivity index (χ3v) is 0.809. The van der Waals surface area contributed by atoms with E-state index in [1.54, 1.807) is 0 Å². The molecule has 49 valence electrons. The number of nitrogens with two attached hydrogens (primary N) is 1. The lowest BCUT2D eigenvalue weighted by molar-refractivity contribution is 0.488. The fourth-order valence-corrected chi connectivity index (χ4v) is 0.911. The Morgan fingerprint density at radius 1 is 1.38 bits per heavy atom. The van der Waals surface area contributed by atoms with Gasteiger partial charge in [-0.05, 0) is 26.2 Å². The molecule has 0 amide bonds. The van der Waals surface area contributed by atoms with Gasteiger partial charge in [0.15, 0.2) is 0 Å². The van der Waals surface area contributed by atoms with E-state index >= 15 is 0 Å². The van der Waals surface area contributed by atoms with Crippen LogP contribution >= 0.6 is 0 Å². The van der Waals surface area contributed by atoms with Crippen LogP contribution in [0.5, 0.6) is 0 Å². The maximum atomic E-state index is 5.72. The monoisotopic (exact) mass is 114 g/mol. The van der Waals surface area contributed by atoms with Gasteiger partial charge in [-0.25, -0.2) is 0 Å². The summed E-state index contributed by atoms with van der Waals surface area (Å²) < 4.78 is 0. The lowest BCUT2D eigenvalue weighted by Gasteiger charge is -2.19. The van der Waals surface area contributed by atoms with Gasteiger partial charge >= 0.3 is 0 Å². The van der Waals surface area contributed by atoms with E-state index in [1.807, 2.05) is 13.8 Å². The Kier molecular flexibility index (Phi) is 2.48. The highest BCUT2D eigenvalue weighted by Crippen LogP contribution is 2.12. The Balaban J connectivity index is 3.39. The van der Waals surface area contributed by atoms with Crippen molar-refractivity contribution < 1.29 is 0 Å². The van der Waals surface area contributed by atoms with E-state index in [2.05, 4.69) is 13.8 Å². The second-order valence-corrected chi connectivity index (χ2v) is 3.37. The van der Waals surface area contributed by atoms with E-state index in [-0.39, 0.29) is 5.54 Å². The summed E-state index contributed by atoms with van der Waals surface area (Å²) in [4.78, 5) is 0. The van der Waals surface area contributed by atoms with Crippen LogP contribution in [0.25, 0.3) is 0 Å². The second kappa shape index (κ2) is 2.49. The van der Waals surface area contributed by atoms with E-state index in [0.717, 1.165) is 6.42 Å². The zero-order valence-corrected chi connectivity index (χ0v) is 6.28. The van der Waals surface area contributed by atoms with Crippen LogP contribution in [0, 0.1) is 5.92 Å². The van der Waals surface area contributed by atoms with Gasteiger partial charge in [-0.3, -0.25) is 0 Å². The van der Waals surface area contributed by atoms with Gasteiger partial charge in [0.05, 0.1) is 0 Å². The third kappa shape index (κ3) is 5.96. The molecule has 1 nitrogen and oxygen atoms in total. The molecule has 0 aromatic carbocycles. The molecule has 0 aromatic rings. The molecule has 1 radical (unpaired) electrons. The molecule has 0 heterocycles. The zero-order valence-electron chi connectivity index (χ0n) is 6.28. The zero-order chi connectivity index (χ0) is 6.78. The normalized spacial score (nSPS) is 12.8. The number of hydrogen-bond acceptors (Lipinski definition) is 1. The summed E-state index contributed by atoms with van der Waals surface area (Å²) in [6.45, 7) is 8.29. The lowest BCUT2D eigenvalue weighted by atomic mass is 9.94. The Morgan fingerprint density at radius 3 is 1.75 bits per heavy atom. The van der Waals surface area contributed by atoms with Crippen molar-refractivity contribution in [1.82, 2.24) is 0 Å². The van der Waals surface area contributed by atoms with E-state index in [0.29, 0.717) is 0 Å². The Morgan fingerprint density at radius 2 is 1.75 bits per heavy atom. The Bertz CT molecular complexity index is 59.3. The molecule has 0 aliphatic heterocycles. The minimum Gasteiger partial charge on any atom is -0.326 e. The molecule has 0 fully saturated rings. The molecule has 2 N–H and O–H groups in total. The topological polar surface area (TPSA) is 26.0 Å². The molecule has 0 unspecified atom stereocenters. The van der Waals surface area contributed by atoms with Gasteiger partial charge in [-0.15, -0.1) is 0 Å². The van der Waals surface area contributed by atoms with Crippen molar-refractivity contribution in [1.29, 1.82) is 0 Å². The van der Waals surface area contributed by atoms with Gasteiger partial charge in [-0.2, -0.15) is 0 Å². The van der Waals surface area contributed by atoms with Gasteiger partial charge < -0.3 is 5.73 Å². The highest BCUT2D eigenvalue weighted by molar-refractivity contribution is 4.88. The van der Waals surface area contributed by atoms with Crippen LogP contribution in [-0.2, 0) is 0 Å². The maximum Gasteiger partial charge on any atom is 0.0102 e. The Labute approximate surface area is 52.3 Å². The molecular formula is C7H16N. The van der Waals surface area contributed by atoms with Crippen molar-refractivity contribution >= 4 is 0 Å².